The van der Waals surface area contributed by atoms with Crippen LogP contribution in [-0.4, -0.2) is 47.6 Å². The number of ether oxygens (including phenoxy) is 3. The molecule has 1 aromatic heterocycles. The van der Waals surface area contributed by atoms with Crippen molar-refractivity contribution in [3.05, 3.63) is 89.3 Å². The average Bonchev–Trinajstić information content (AvgIpc) is 3.21. The van der Waals surface area contributed by atoms with E-state index in [1.165, 1.54) is 11.1 Å². The lowest BCUT2D eigenvalue weighted by Crippen LogP contribution is -2.29. The van der Waals surface area contributed by atoms with Gasteiger partial charge in [-0.3, -0.25) is 19.5 Å². The van der Waals surface area contributed by atoms with E-state index in [1.54, 1.807) is 60.8 Å². The third-order valence-corrected chi connectivity index (χ3v) is 6.19. The Kier molecular flexibility index (Phi) is 6.83. The fourth-order valence-corrected chi connectivity index (χ4v) is 4.38. The summed E-state index contributed by atoms with van der Waals surface area (Å²) in [6.45, 7) is 4.94. The van der Waals surface area contributed by atoms with Gasteiger partial charge in [0.1, 0.15) is 19.0 Å². The van der Waals surface area contributed by atoms with Crippen molar-refractivity contribution in [2.75, 3.05) is 24.7 Å². The molecule has 2 aliphatic heterocycles. The number of pyridine rings is 1. The zero-order chi connectivity index (χ0) is 26.8. The normalized spacial score (nSPS) is 18.1. The molecule has 5 rings (SSSR count). The van der Waals surface area contributed by atoms with Crippen molar-refractivity contribution in [3.63, 3.8) is 0 Å². The Morgan fingerprint density at radius 2 is 1.76 bits per heavy atom. The summed E-state index contributed by atoms with van der Waals surface area (Å²) in [4.78, 5) is 44.5. The van der Waals surface area contributed by atoms with Crippen molar-refractivity contribution in [2.45, 2.75) is 19.9 Å². The molecule has 194 valence electrons. The number of hydrogen-bond donors (Lipinski definition) is 1. The second-order valence-electron chi connectivity index (χ2n) is 9.35. The van der Waals surface area contributed by atoms with Gasteiger partial charge in [-0.1, -0.05) is 19.9 Å². The number of ketones is 1. The van der Waals surface area contributed by atoms with Gasteiger partial charge in [0, 0.05) is 23.6 Å². The molecule has 9 nitrogen and oxygen atoms in total. The zero-order valence-corrected chi connectivity index (χ0v) is 20.9. The van der Waals surface area contributed by atoms with E-state index in [9.17, 15) is 19.5 Å². The largest absolute Gasteiger partial charge is 0.507 e. The number of anilines is 1. The van der Waals surface area contributed by atoms with Crippen LogP contribution in [0.5, 0.6) is 11.5 Å². The number of fused-ring (bicyclic) bond motifs is 1. The van der Waals surface area contributed by atoms with E-state index in [0.717, 1.165) is 0 Å². The topological polar surface area (TPSA) is 115 Å². The number of carbonyl (C=O) groups excluding carboxylic acids is 3. The van der Waals surface area contributed by atoms with Gasteiger partial charge in [0.15, 0.2) is 11.5 Å². The molecule has 0 spiro atoms. The predicted molar refractivity (Wildman–Crippen MR) is 138 cm³/mol. The smallest absolute Gasteiger partial charge is 0.338 e. The van der Waals surface area contributed by atoms with E-state index in [-0.39, 0.29) is 23.9 Å². The zero-order valence-electron chi connectivity index (χ0n) is 20.9. The molecule has 1 amide bonds. The van der Waals surface area contributed by atoms with Crippen molar-refractivity contribution < 1.29 is 33.7 Å². The van der Waals surface area contributed by atoms with Crippen LogP contribution in [0.4, 0.5) is 5.69 Å². The number of aliphatic hydroxyl groups is 1. The van der Waals surface area contributed by atoms with Crippen LogP contribution in [0.1, 0.15) is 41.4 Å². The number of amides is 1. The number of carbonyl (C=O) groups is 3. The molecular weight excluding hydrogens is 488 g/mol. The summed E-state index contributed by atoms with van der Waals surface area (Å²) in [5, 5.41) is 11.3. The van der Waals surface area contributed by atoms with Crippen molar-refractivity contribution in [1.82, 2.24) is 4.98 Å². The van der Waals surface area contributed by atoms with Crippen LogP contribution in [0.2, 0.25) is 0 Å². The fraction of sp³-hybridized carbons (Fsp3) is 0.241. The van der Waals surface area contributed by atoms with Gasteiger partial charge in [-0.15, -0.1) is 0 Å². The van der Waals surface area contributed by atoms with Gasteiger partial charge in [0.25, 0.3) is 11.7 Å². The molecule has 0 radical (unpaired) electrons. The molecule has 9 heteroatoms. The molecule has 0 bridgehead atoms. The first-order chi connectivity index (χ1) is 18.3. The molecule has 1 unspecified atom stereocenters. The number of aromatic nitrogens is 1. The molecule has 3 aromatic rings. The van der Waals surface area contributed by atoms with E-state index >= 15 is 0 Å². The van der Waals surface area contributed by atoms with Gasteiger partial charge in [-0.2, -0.15) is 0 Å². The quantitative estimate of drug-likeness (QED) is 0.224. The first-order valence-corrected chi connectivity index (χ1v) is 12.2. The van der Waals surface area contributed by atoms with Crippen LogP contribution in [0, 0.1) is 5.92 Å². The monoisotopic (exact) mass is 514 g/mol. The summed E-state index contributed by atoms with van der Waals surface area (Å²) in [5.41, 5.74) is 1.46. The molecule has 1 N–H and O–H groups in total. The first kappa shape index (κ1) is 25.0. The van der Waals surface area contributed by atoms with Crippen molar-refractivity contribution in [3.8, 4) is 11.5 Å². The van der Waals surface area contributed by atoms with Crippen LogP contribution in [0.15, 0.2) is 72.6 Å². The standard InChI is InChI=1S/C29H26N2O7/c1-17(2)16-38-29(35)18-5-8-21(9-6-18)31-25(20-4-3-11-30-15-20)24(27(33)28(31)34)26(32)19-7-10-22-23(14-19)37-13-12-36-22/h3-11,14-15,17,25,32H,12-13,16H2,1-2H3/b26-24-. The molecule has 0 saturated carbocycles. The van der Waals surface area contributed by atoms with Crippen molar-refractivity contribution in [1.29, 1.82) is 0 Å². The number of Topliss-reactive ketones (excluding diaryl/α,β-unsaturated/α-hetero) is 1. The molecule has 1 saturated heterocycles. The Labute approximate surface area is 219 Å². The lowest BCUT2D eigenvalue weighted by molar-refractivity contribution is -0.132. The van der Waals surface area contributed by atoms with Crippen molar-refractivity contribution in [2.24, 2.45) is 5.92 Å². The Balaban J connectivity index is 1.56. The summed E-state index contributed by atoms with van der Waals surface area (Å²) in [5.74, 6) is -1.31. The lowest BCUT2D eigenvalue weighted by atomic mass is 9.96. The minimum Gasteiger partial charge on any atom is -0.507 e. The second-order valence-corrected chi connectivity index (χ2v) is 9.35. The van der Waals surface area contributed by atoms with Gasteiger partial charge < -0.3 is 19.3 Å². The number of aliphatic hydroxyl groups excluding tert-OH is 1. The molecule has 0 aliphatic carbocycles. The maximum atomic E-state index is 13.3. The van der Waals surface area contributed by atoms with Gasteiger partial charge in [0.05, 0.1) is 23.8 Å². The molecule has 3 heterocycles. The van der Waals surface area contributed by atoms with Gasteiger partial charge in [-0.05, 0) is 60.0 Å². The Bertz CT molecular complexity index is 1410. The maximum absolute atomic E-state index is 13.3. The summed E-state index contributed by atoms with van der Waals surface area (Å²) in [6, 6.07) is 13.5. The molecule has 1 atom stereocenters. The molecular formula is C29H26N2O7. The Morgan fingerprint density at radius 3 is 2.45 bits per heavy atom. The number of esters is 1. The summed E-state index contributed by atoms with van der Waals surface area (Å²) in [7, 11) is 0. The number of rotatable bonds is 6. The van der Waals surface area contributed by atoms with Crippen LogP contribution in [0.3, 0.4) is 0 Å². The Hall–Kier alpha value is -4.66. The number of benzene rings is 2. The fourth-order valence-electron chi connectivity index (χ4n) is 4.38. The summed E-state index contributed by atoms with van der Waals surface area (Å²) >= 11 is 0. The van der Waals surface area contributed by atoms with E-state index in [4.69, 9.17) is 14.2 Å². The van der Waals surface area contributed by atoms with E-state index < -0.39 is 23.7 Å². The first-order valence-electron chi connectivity index (χ1n) is 12.2. The van der Waals surface area contributed by atoms with Crippen LogP contribution in [-0.2, 0) is 14.3 Å². The maximum Gasteiger partial charge on any atom is 0.338 e. The summed E-state index contributed by atoms with van der Waals surface area (Å²) < 4.78 is 16.4. The number of nitrogens with zero attached hydrogens (tertiary/aromatic N) is 2. The van der Waals surface area contributed by atoms with Crippen LogP contribution in [0.25, 0.3) is 5.76 Å². The highest BCUT2D eigenvalue weighted by Crippen LogP contribution is 2.43. The second kappa shape index (κ2) is 10.4. The molecule has 1 fully saturated rings. The van der Waals surface area contributed by atoms with Gasteiger partial charge in [-0.25, -0.2) is 4.79 Å². The van der Waals surface area contributed by atoms with Gasteiger partial charge in [0.2, 0.25) is 0 Å². The van der Waals surface area contributed by atoms with Crippen LogP contribution < -0.4 is 14.4 Å². The molecule has 2 aliphatic rings. The third kappa shape index (κ3) is 4.70. The third-order valence-electron chi connectivity index (χ3n) is 6.19. The molecule has 2 aromatic carbocycles. The lowest BCUT2D eigenvalue weighted by Gasteiger charge is -2.25. The van der Waals surface area contributed by atoms with Crippen molar-refractivity contribution >= 4 is 29.1 Å². The van der Waals surface area contributed by atoms with E-state index in [1.807, 2.05) is 13.8 Å². The number of hydrogen-bond acceptors (Lipinski definition) is 8. The van der Waals surface area contributed by atoms with Gasteiger partial charge >= 0.3 is 5.97 Å². The molecule has 38 heavy (non-hydrogen) atoms. The van der Waals surface area contributed by atoms with E-state index in [2.05, 4.69) is 4.98 Å². The minimum absolute atomic E-state index is 0.0832. The highest BCUT2D eigenvalue weighted by molar-refractivity contribution is 6.51. The van der Waals surface area contributed by atoms with Crippen LogP contribution >= 0.6 is 0 Å². The summed E-state index contributed by atoms with van der Waals surface area (Å²) in [6.07, 6.45) is 3.12. The van der Waals surface area contributed by atoms with E-state index in [0.29, 0.717) is 47.1 Å². The SMILES string of the molecule is CC(C)COC(=O)c1ccc(N2C(=O)C(=O)/C(=C(\O)c3ccc4c(c3)OCCO4)C2c2cccnc2)cc1. The highest BCUT2D eigenvalue weighted by Gasteiger charge is 2.47. The highest BCUT2D eigenvalue weighted by atomic mass is 16.6. The minimum atomic E-state index is -0.948. The predicted octanol–water partition coefficient (Wildman–Crippen LogP) is 4.29. The average molecular weight is 515 g/mol. The Morgan fingerprint density at radius 1 is 1.05 bits per heavy atom.